The van der Waals surface area contributed by atoms with Gasteiger partial charge in [0.1, 0.15) is 0 Å². The van der Waals surface area contributed by atoms with E-state index in [2.05, 4.69) is 26.0 Å². The molecular weight excluding hydrogens is 258 g/mol. The zero-order valence-corrected chi connectivity index (χ0v) is 11.4. The number of aromatic nitrogens is 4. The minimum Gasteiger partial charge on any atom is -0.346 e. The average Bonchev–Trinajstić information content (AvgIpc) is 2.85. The van der Waals surface area contributed by atoms with Crippen LogP contribution >= 0.6 is 0 Å². The van der Waals surface area contributed by atoms with Gasteiger partial charge in [-0.05, 0) is 18.6 Å². The molecule has 20 heavy (non-hydrogen) atoms. The maximum Gasteiger partial charge on any atom is 0.272 e. The number of nitrogen functional groups attached to an aromatic ring is 1. The molecule has 1 amide bonds. The van der Waals surface area contributed by atoms with Gasteiger partial charge in [-0.15, -0.1) is 10.2 Å². The van der Waals surface area contributed by atoms with Crippen LogP contribution in [0.5, 0.6) is 0 Å². The Morgan fingerprint density at radius 2 is 2.20 bits per heavy atom. The molecule has 0 radical (unpaired) electrons. The highest BCUT2D eigenvalue weighted by Crippen LogP contribution is 2.07. The summed E-state index contributed by atoms with van der Waals surface area (Å²) in [6, 6.07) is 3.14. The first-order valence-corrected chi connectivity index (χ1v) is 6.24. The van der Waals surface area contributed by atoms with Crippen molar-refractivity contribution >= 4 is 11.7 Å². The number of carbonyl (C=O) groups excluding carboxylic acids is 1. The third kappa shape index (κ3) is 3.09. The zero-order valence-electron chi connectivity index (χ0n) is 11.4. The number of nitrogens with zero attached hydrogens (tertiary/aromatic N) is 4. The largest absolute Gasteiger partial charge is 0.346 e. The number of nitrogens with two attached hydrogens (primary N) is 1. The molecule has 0 unspecified atom stereocenters. The van der Waals surface area contributed by atoms with Crippen molar-refractivity contribution in [1.29, 1.82) is 0 Å². The Bertz CT molecular complexity index is 590. The highest BCUT2D eigenvalue weighted by atomic mass is 16.1. The Kier molecular flexibility index (Phi) is 4.26. The van der Waals surface area contributed by atoms with Gasteiger partial charge in [-0.2, -0.15) is 5.10 Å². The summed E-state index contributed by atoms with van der Waals surface area (Å²) in [5.41, 5.74) is 4.56. The molecule has 8 heteroatoms. The Balaban J connectivity index is 2.00. The molecule has 0 atom stereocenters. The van der Waals surface area contributed by atoms with Gasteiger partial charge in [0, 0.05) is 25.4 Å². The summed E-state index contributed by atoms with van der Waals surface area (Å²) in [6.07, 6.45) is 2.72. The lowest BCUT2D eigenvalue weighted by Crippen LogP contribution is -2.24. The van der Waals surface area contributed by atoms with Crippen LogP contribution in [0.2, 0.25) is 0 Å². The smallest absolute Gasteiger partial charge is 0.272 e. The third-order valence-electron chi connectivity index (χ3n) is 2.81. The lowest BCUT2D eigenvalue weighted by Gasteiger charge is -2.04. The monoisotopic (exact) mass is 275 g/mol. The van der Waals surface area contributed by atoms with Crippen LogP contribution in [0.4, 0.5) is 5.82 Å². The summed E-state index contributed by atoms with van der Waals surface area (Å²) in [5.74, 6) is 5.30. The van der Waals surface area contributed by atoms with E-state index in [-0.39, 0.29) is 11.6 Å². The van der Waals surface area contributed by atoms with Crippen molar-refractivity contribution in [2.75, 3.05) is 5.43 Å². The summed E-state index contributed by atoms with van der Waals surface area (Å²) in [4.78, 5) is 11.9. The Labute approximate surface area is 116 Å². The second-order valence-electron chi connectivity index (χ2n) is 4.26. The van der Waals surface area contributed by atoms with E-state index in [1.165, 1.54) is 0 Å². The normalized spacial score (nSPS) is 10.3. The molecule has 4 N–H and O–H groups in total. The number of hydrogen-bond donors (Lipinski definition) is 3. The predicted molar refractivity (Wildman–Crippen MR) is 73.6 cm³/mol. The Morgan fingerprint density at radius 3 is 2.80 bits per heavy atom. The maximum absolute atomic E-state index is 11.9. The molecule has 2 heterocycles. The predicted octanol–water partition coefficient (Wildman–Crippen LogP) is -0.0119. The van der Waals surface area contributed by atoms with Crippen molar-refractivity contribution in [3.63, 3.8) is 0 Å². The quantitative estimate of drug-likeness (QED) is 0.523. The van der Waals surface area contributed by atoms with Crippen LogP contribution in [0, 0.1) is 0 Å². The molecular formula is C12H17N7O. The third-order valence-corrected chi connectivity index (χ3v) is 2.81. The molecule has 0 aliphatic heterocycles. The van der Waals surface area contributed by atoms with E-state index in [9.17, 15) is 4.79 Å². The molecule has 0 spiro atoms. The molecule has 2 aromatic heterocycles. The fourth-order valence-corrected chi connectivity index (χ4v) is 1.83. The van der Waals surface area contributed by atoms with Crippen molar-refractivity contribution < 1.29 is 4.79 Å². The van der Waals surface area contributed by atoms with Gasteiger partial charge in [0.05, 0.1) is 5.69 Å². The molecule has 0 fully saturated rings. The maximum atomic E-state index is 11.9. The van der Waals surface area contributed by atoms with Crippen molar-refractivity contribution in [3.8, 4) is 0 Å². The molecule has 0 saturated carbocycles. The van der Waals surface area contributed by atoms with Crippen LogP contribution < -0.4 is 16.6 Å². The highest BCUT2D eigenvalue weighted by molar-refractivity contribution is 5.92. The minimum atomic E-state index is -0.285. The first-order chi connectivity index (χ1) is 9.63. The molecule has 0 aromatic carbocycles. The summed E-state index contributed by atoms with van der Waals surface area (Å²) in [6.45, 7) is 2.44. The van der Waals surface area contributed by atoms with Gasteiger partial charge in [-0.3, -0.25) is 9.48 Å². The fourth-order valence-electron chi connectivity index (χ4n) is 1.83. The average molecular weight is 275 g/mol. The van der Waals surface area contributed by atoms with Gasteiger partial charge in [0.2, 0.25) is 0 Å². The van der Waals surface area contributed by atoms with Gasteiger partial charge in [-0.25, -0.2) is 5.84 Å². The molecule has 2 rings (SSSR count). The van der Waals surface area contributed by atoms with Crippen molar-refractivity contribution in [3.05, 3.63) is 35.3 Å². The first kappa shape index (κ1) is 13.9. The van der Waals surface area contributed by atoms with Gasteiger partial charge in [0.15, 0.2) is 11.5 Å². The van der Waals surface area contributed by atoms with Crippen LogP contribution in [-0.2, 0) is 20.0 Å². The molecule has 0 bridgehead atoms. The van der Waals surface area contributed by atoms with Crippen molar-refractivity contribution in [1.82, 2.24) is 25.3 Å². The van der Waals surface area contributed by atoms with Gasteiger partial charge in [-0.1, -0.05) is 6.92 Å². The number of nitrogens with one attached hydrogen (secondary N) is 2. The molecule has 106 valence electrons. The van der Waals surface area contributed by atoms with Crippen molar-refractivity contribution in [2.24, 2.45) is 12.9 Å². The summed E-state index contributed by atoms with van der Waals surface area (Å²) in [5, 5.41) is 14.6. The standard InChI is InChI=1S/C12H17N7O/c1-3-9-8(7-19(2)18-9)6-14-12(20)10-4-5-11(15-13)17-16-10/h4-5,7H,3,6,13H2,1-2H3,(H,14,20)(H,15,17). The van der Waals surface area contributed by atoms with Crippen LogP contribution in [0.25, 0.3) is 0 Å². The topological polar surface area (TPSA) is 111 Å². The Hall–Kier alpha value is -2.48. The van der Waals surface area contributed by atoms with Crippen LogP contribution in [-0.4, -0.2) is 25.9 Å². The number of carbonyl (C=O) groups is 1. The van der Waals surface area contributed by atoms with E-state index in [0.717, 1.165) is 17.7 Å². The van der Waals surface area contributed by atoms with Gasteiger partial charge >= 0.3 is 0 Å². The van der Waals surface area contributed by atoms with E-state index >= 15 is 0 Å². The summed E-state index contributed by atoms with van der Waals surface area (Å²) < 4.78 is 1.74. The molecule has 0 aliphatic rings. The molecule has 2 aromatic rings. The second-order valence-corrected chi connectivity index (χ2v) is 4.26. The van der Waals surface area contributed by atoms with Crippen LogP contribution in [0.1, 0.15) is 28.7 Å². The number of hydrazine groups is 1. The first-order valence-electron chi connectivity index (χ1n) is 6.24. The molecule has 8 nitrogen and oxygen atoms in total. The lowest BCUT2D eigenvalue weighted by atomic mass is 10.2. The number of aryl methyl sites for hydroxylation is 2. The minimum absolute atomic E-state index is 0.242. The van der Waals surface area contributed by atoms with Gasteiger partial charge < -0.3 is 10.7 Å². The highest BCUT2D eigenvalue weighted by Gasteiger charge is 2.10. The number of hydrogen-bond acceptors (Lipinski definition) is 6. The number of rotatable bonds is 5. The Morgan fingerprint density at radius 1 is 1.40 bits per heavy atom. The summed E-state index contributed by atoms with van der Waals surface area (Å²) in [7, 11) is 1.86. The SMILES string of the molecule is CCc1nn(C)cc1CNC(=O)c1ccc(NN)nn1. The van der Waals surface area contributed by atoms with E-state index in [1.54, 1.807) is 16.8 Å². The van der Waals surface area contributed by atoms with E-state index in [0.29, 0.717) is 12.4 Å². The van der Waals surface area contributed by atoms with E-state index in [1.807, 2.05) is 20.2 Å². The van der Waals surface area contributed by atoms with Gasteiger partial charge in [0.25, 0.3) is 5.91 Å². The molecule has 0 saturated heterocycles. The fraction of sp³-hybridized carbons (Fsp3) is 0.333. The van der Waals surface area contributed by atoms with E-state index in [4.69, 9.17) is 5.84 Å². The lowest BCUT2D eigenvalue weighted by molar-refractivity contribution is 0.0945. The second kappa shape index (κ2) is 6.11. The van der Waals surface area contributed by atoms with Crippen molar-refractivity contribution in [2.45, 2.75) is 19.9 Å². The number of anilines is 1. The van der Waals surface area contributed by atoms with Crippen LogP contribution in [0.15, 0.2) is 18.3 Å². The zero-order chi connectivity index (χ0) is 14.5. The van der Waals surface area contributed by atoms with Crippen LogP contribution in [0.3, 0.4) is 0 Å². The summed E-state index contributed by atoms with van der Waals surface area (Å²) >= 11 is 0. The number of amides is 1. The van der Waals surface area contributed by atoms with E-state index < -0.39 is 0 Å². The molecule has 0 aliphatic carbocycles.